The average molecular weight is 254 g/mol. The van der Waals surface area contributed by atoms with E-state index in [0.29, 0.717) is 12.1 Å². The predicted octanol–water partition coefficient (Wildman–Crippen LogP) is 1.40. The smallest absolute Gasteiger partial charge is 0.239 e. The number of methoxy groups -OCH3 is 1. The van der Waals surface area contributed by atoms with Crippen molar-refractivity contribution in [3.05, 3.63) is 0 Å². The number of carbonyl (C=O) groups excluding carboxylic acids is 1. The molecule has 2 rings (SSSR count). The molecule has 0 spiro atoms. The minimum Gasteiger partial charge on any atom is -0.381 e. The van der Waals surface area contributed by atoms with Gasteiger partial charge in [0.05, 0.1) is 12.1 Å². The Kier molecular flexibility index (Phi) is 3.97. The van der Waals surface area contributed by atoms with E-state index in [1.54, 1.807) is 7.11 Å². The van der Waals surface area contributed by atoms with Gasteiger partial charge in [0.1, 0.15) is 0 Å². The van der Waals surface area contributed by atoms with Crippen LogP contribution in [0.4, 0.5) is 0 Å². The average Bonchev–Trinajstić information content (AvgIpc) is 2.67. The fraction of sp³-hybridized carbons (Fsp3) is 0.929. The summed E-state index contributed by atoms with van der Waals surface area (Å²) < 4.78 is 5.59. The number of likely N-dealkylation sites (N-methyl/N-ethyl adjacent to an activating group) is 1. The standard InChI is InChI=1S/C14H26N2O2/c1-5-14(6-2)11(9-12(14)18-4)15-10-7-8-16(3)13(10)17/h10-12,15H,5-9H2,1-4H3/t10-,11+,12-/m0/s1. The maximum absolute atomic E-state index is 12.0. The molecule has 0 aromatic rings. The second-order valence-corrected chi connectivity index (χ2v) is 5.72. The monoisotopic (exact) mass is 254 g/mol. The Hall–Kier alpha value is -0.610. The molecule has 4 nitrogen and oxygen atoms in total. The number of hydrogen-bond acceptors (Lipinski definition) is 3. The number of ether oxygens (including phenoxy) is 1. The largest absolute Gasteiger partial charge is 0.381 e. The van der Waals surface area contributed by atoms with E-state index in [1.807, 2.05) is 11.9 Å². The molecule has 1 aliphatic carbocycles. The fourth-order valence-corrected chi connectivity index (χ4v) is 3.73. The Balaban J connectivity index is 2.00. The number of nitrogens with one attached hydrogen (secondary N) is 1. The first-order valence-electron chi connectivity index (χ1n) is 7.12. The molecule has 0 aromatic heterocycles. The lowest BCUT2D eigenvalue weighted by Gasteiger charge is -2.55. The molecule has 0 radical (unpaired) electrons. The second kappa shape index (κ2) is 5.17. The van der Waals surface area contributed by atoms with Crippen molar-refractivity contribution in [2.45, 2.75) is 57.7 Å². The van der Waals surface area contributed by atoms with Crippen LogP contribution in [0.2, 0.25) is 0 Å². The Morgan fingerprint density at radius 2 is 2.11 bits per heavy atom. The van der Waals surface area contributed by atoms with Gasteiger partial charge in [0.15, 0.2) is 0 Å². The third kappa shape index (κ3) is 1.95. The summed E-state index contributed by atoms with van der Waals surface area (Å²) in [4.78, 5) is 13.8. The summed E-state index contributed by atoms with van der Waals surface area (Å²) in [5, 5.41) is 3.58. The van der Waals surface area contributed by atoms with E-state index in [4.69, 9.17) is 4.74 Å². The molecule has 0 bridgehead atoms. The first kappa shape index (κ1) is 13.8. The Bertz CT molecular complexity index is 315. The number of amides is 1. The van der Waals surface area contributed by atoms with Gasteiger partial charge in [-0.1, -0.05) is 13.8 Å². The van der Waals surface area contributed by atoms with Gasteiger partial charge in [-0.2, -0.15) is 0 Å². The summed E-state index contributed by atoms with van der Waals surface area (Å²) in [7, 11) is 3.69. The Morgan fingerprint density at radius 1 is 1.44 bits per heavy atom. The number of likely N-dealkylation sites (tertiary alicyclic amines) is 1. The van der Waals surface area contributed by atoms with Gasteiger partial charge in [-0.15, -0.1) is 0 Å². The van der Waals surface area contributed by atoms with E-state index in [0.717, 1.165) is 32.2 Å². The van der Waals surface area contributed by atoms with Crippen LogP contribution in [0.1, 0.15) is 39.5 Å². The van der Waals surface area contributed by atoms with Crippen molar-refractivity contribution < 1.29 is 9.53 Å². The molecule has 0 aromatic carbocycles. The van der Waals surface area contributed by atoms with E-state index in [-0.39, 0.29) is 17.4 Å². The second-order valence-electron chi connectivity index (χ2n) is 5.72. The van der Waals surface area contributed by atoms with Crippen molar-refractivity contribution in [2.75, 3.05) is 20.7 Å². The van der Waals surface area contributed by atoms with Gasteiger partial charge in [0.2, 0.25) is 5.91 Å². The van der Waals surface area contributed by atoms with Crippen molar-refractivity contribution >= 4 is 5.91 Å². The summed E-state index contributed by atoms with van der Waals surface area (Å²) in [6.45, 7) is 5.33. The molecule has 1 amide bonds. The maximum Gasteiger partial charge on any atom is 0.239 e. The van der Waals surface area contributed by atoms with Crippen molar-refractivity contribution in [3.63, 3.8) is 0 Å². The van der Waals surface area contributed by atoms with Crippen LogP contribution in [0.25, 0.3) is 0 Å². The lowest BCUT2D eigenvalue weighted by Crippen LogP contribution is -2.65. The van der Waals surface area contributed by atoms with Crippen molar-refractivity contribution in [1.82, 2.24) is 10.2 Å². The molecule has 1 N–H and O–H groups in total. The molecule has 1 saturated carbocycles. The van der Waals surface area contributed by atoms with E-state index in [2.05, 4.69) is 19.2 Å². The van der Waals surface area contributed by atoms with Crippen molar-refractivity contribution in [3.8, 4) is 0 Å². The first-order valence-corrected chi connectivity index (χ1v) is 7.12. The van der Waals surface area contributed by atoms with Gasteiger partial charge in [-0.3, -0.25) is 4.79 Å². The highest BCUT2D eigenvalue weighted by atomic mass is 16.5. The zero-order valence-corrected chi connectivity index (χ0v) is 12.0. The highest BCUT2D eigenvalue weighted by Crippen LogP contribution is 2.49. The van der Waals surface area contributed by atoms with Gasteiger partial charge in [-0.25, -0.2) is 0 Å². The van der Waals surface area contributed by atoms with Crippen molar-refractivity contribution in [1.29, 1.82) is 0 Å². The van der Waals surface area contributed by atoms with Gasteiger partial charge < -0.3 is 15.0 Å². The Labute approximate surface area is 110 Å². The quantitative estimate of drug-likeness (QED) is 0.806. The minimum absolute atomic E-state index is 0.0234. The van der Waals surface area contributed by atoms with Gasteiger partial charge >= 0.3 is 0 Å². The molecule has 18 heavy (non-hydrogen) atoms. The first-order chi connectivity index (χ1) is 8.58. The van der Waals surface area contributed by atoms with Crippen LogP contribution in [0, 0.1) is 5.41 Å². The maximum atomic E-state index is 12.0. The molecule has 104 valence electrons. The van der Waals surface area contributed by atoms with Crippen LogP contribution in [-0.4, -0.2) is 49.7 Å². The molecule has 3 atom stereocenters. The summed E-state index contributed by atoms with van der Waals surface area (Å²) in [6.07, 6.45) is 4.53. The minimum atomic E-state index is 0.0234. The molecule has 4 heteroatoms. The highest BCUT2D eigenvalue weighted by molar-refractivity contribution is 5.83. The number of rotatable bonds is 5. The van der Waals surface area contributed by atoms with E-state index >= 15 is 0 Å². The Morgan fingerprint density at radius 3 is 2.56 bits per heavy atom. The zero-order valence-electron chi connectivity index (χ0n) is 12.0. The molecule has 1 saturated heterocycles. The lowest BCUT2D eigenvalue weighted by molar-refractivity contribution is -0.137. The zero-order chi connectivity index (χ0) is 13.3. The third-order valence-corrected chi connectivity index (χ3v) is 5.22. The van der Waals surface area contributed by atoms with Crippen molar-refractivity contribution in [2.24, 2.45) is 5.41 Å². The number of nitrogens with zero attached hydrogens (tertiary/aromatic N) is 1. The van der Waals surface area contributed by atoms with E-state index in [9.17, 15) is 4.79 Å². The van der Waals surface area contributed by atoms with Crippen LogP contribution in [0.15, 0.2) is 0 Å². The van der Waals surface area contributed by atoms with E-state index < -0.39 is 0 Å². The number of carbonyl (C=O) groups is 1. The van der Waals surface area contributed by atoms with Crippen LogP contribution < -0.4 is 5.32 Å². The van der Waals surface area contributed by atoms with Gasteiger partial charge in [-0.05, 0) is 25.7 Å². The van der Waals surface area contributed by atoms with Gasteiger partial charge in [0.25, 0.3) is 0 Å². The number of hydrogen-bond donors (Lipinski definition) is 1. The summed E-state index contributed by atoms with van der Waals surface area (Å²) >= 11 is 0. The highest BCUT2D eigenvalue weighted by Gasteiger charge is 2.54. The van der Waals surface area contributed by atoms with E-state index in [1.165, 1.54) is 0 Å². The SMILES string of the molecule is CCC1(CC)[C@@H](OC)C[C@H]1N[C@H]1CCN(C)C1=O. The fourth-order valence-electron chi connectivity index (χ4n) is 3.73. The van der Waals surface area contributed by atoms with Crippen LogP contribution in [0.5, 0.6) is 0 Å². The van der Waals surface area contributed by atoms with Crippen LogP contribution in [-0.2, 0) is 9.53 Å². The third-order valence-electron chi connectivity index (χ3n) is 5.22. The molecular weight excluding hydrogens is 228 g/mol. The normalized spacial score (nSPS) is 34.8. The van der Waals surface area contributed by atoms with Crippen LogP contribution in [0.3, 0.4) is 0 Å². The predicted molar refractivity (Wildman–Crippen MR) is 71.4 cm³/mol. The van der Waals surface area contributed by atoms with Crippen LogP contribution >= 0.6 is 0 Å². The molecule has 0 unspecified atom stereocenters. The molecule has 2 fully saturated rings. The summed E-state index contributed by atoms with van der Waals surface area (Å²) in [5.41, 5.74) is 0.218. The molecule has 2 aliphatic rings. The summed E-state index contributed by atoms with van der Waals surface area (Å²) in [6, 6.07) is 0.452. The molecule has 1 aliphatic heterocycles. The lowest BCUT2D eigenvalue weighted by atomic mass is 9.58. The topological polar surface area (TPSA) is 41.6 Å². The van der Waals surface area contributed by atoms with Gasteiger partial charge in [0, 0.05) is 32.2 Å². The molecular formula is C14H26N2O2. The summed E-state index contributed by atoms with van der Waals surface area (Å²) in [5.74, 6) is 0.247. The molecule has 1 heterocycles.